The maximum absolute atomic E-state index is 13.2. The van der Waals surface area contributed by atoms with Gasteiger partial charge in [-0.1, -0.05) is 52.5 Å². The zero-order chi connectivity index (χ0) is 29.8. The summed E-state index contributed by atoms with van der Waals surface area (Å²) in [4.78, 5) is 51.6. The second-order valence-electron chi connectivity index (χ2n) is 8.62. The molecule has 0 radical (unpaired) electrons. The maximum Gasteiger partial charge on any atom is 0.335 e. The topological polar surface area (TPSA) is 114 Å². The molecule has 1 heterocycles. The van der Waals surface area contributed by atoms with E-state index in [0.29, 0.717) is 16.3 Å². The molecule has 1 aliphatic heterocycles. The molecule has 0 spiro atoms. The molecular formula is C28H21Cl4N3O6. The van der Waals surface area contributed by atoms with Crippen LogP contribution in [0.4, 0.5) is 16.2 Å². The Bertz CT molecular complexity index is 1610. The highest BCUT2D eigenvalue weighted by Gasteiger charge is 2.37. The number of ether oxygens (including phenoxy) is 2. The molecular weight excluding hydrogens is 616 g/mol. The van der Waals surface area contributed by atoms with Crippen LogP contribution < -0.4 is 25.0 Å². The first-order valence-electron chi connectivity index (χ1n) is 12.0. The molecule has 3 aromatic rings. The molecule has 41 heavy (non-hydrogen) atoms. The van der Waals surface area contributed by atoms with Gasteiger partial charge in [-0.15, -0.1) is 0 Å². The number of aryl methyl sites for hydroxylation is 1. The largest absolute Gasteiger partial charge is 0.490 e. The third kappa shape index (κ3) is 6.94. The molecule has 1 fully saturated rings. The molecule has 0 bridgehead atoms. The Morgan fingerprint density at radius 3 is 2.37 bits per heavy atom. The van der Waals surface area contributed by atoms with Crippen molar-refractivity contribution in [2.24, 2.45) is 0 Å². The van der Waals surface area contributed by atoms with Gasteiger partial charge in [0.05, 0.1) is 27.4 Å². The zero-order valence-electron chi connectivity index (χ0n) is 21.5. The summed E-state index contributed by atoms with van der Waals surface area (Å²) in [6.45, 7) is 3.40. The molecule has 1 aliphatic rings. The molecule has 0 aromatic heterocycles. The summed E-state index contributed by atoms with van der Waals surface area (Å²) >= 11 is 24.6. The number of halogens is 4. The smallest absolute Gasteiger partial charge is 0.335 e. The van der Waals surface area contributed by atoms with Gasteiger partial charge < -0.3 is 14.8 Å². The number of carbonyl (C=O) groups excluding carboxylic acids is 4. The number of hydrogen-bond acceptors (Lipinski definition) is 6. The summed E-state index contributed by atoms with van der Waals surface area (Å²) < 4.78 is 11.3. The molecule has 9 nitrogen and oxygen atoms in total. The summed E-state index contributed by atoms with van der Waals surface area (Å²) in [5.41, 5.74) is 1.43. The summed E-state index contributed by atoms with van der Waals surface area (Å²) in [7, 11) is 0. The van der Waals surface area contributed by atoms with Crippen LogP contribution in [0.2, 0.25) is 20.1 Å². The minimum atomic E-state index is -0.946. The average molecular weight is 637 g/mol. The van der Waals surface area contributed by atoms with Gasteiger partial charge in [-0.2, -0.15) is 0 Å². The van der Waals surface area contributed by atoms with Crippen LogP contribution in [0.3, 0.4) is 0 Å². The number of imide groups is 2. The number of carbonyl (C=O) groups is 4. The Morgan fingerprint density at radius 1 is 0.927 bits per heavy atom. The van der Waals surface area contributed by atoms with E-state index in [2.05, 4.69) is 10.6 Å². The fourth-order valence-corrected chi connectivity index (χ4v) is 4.51. The quantitative estimate of drug-likeness (QED) is 0.210. The van der Waals surface area contributed by atoms with E-state index >= 15 is 0 Å². The van der Waals surface area contributed by atoms with Gasteiger partial charge in [0.15, 0.2) is 18.1 Å². The first-order chi connectivity index (χ1) is 19.5. The Labute approximate surface area is 254 Å². The van der Waals surface area contributed by atoms with Gasteiger partial charge in [0.2, 0.25) is 0 Å². The van der Waals surface area contributed by atoms with Gasteiger partial charge in [-0.25, -0.2) is 9.69 Å². The fourth-order valence-electron chi connectivity index (χ4n) is 3.76. The van der Waals surface area contributed by atoms with Crippen molar-refractivity contribution >= 4 is 87.6 Å². The lowest BCUT2D eigenvalue weighted by molar-refractivity contribution is -0.122. The Morgan fingerprint density at radius 2 is 1.68 bits per heavy atom. The van der Waals surface area contributed by atoms with Crippen molar-refractivity contribution < 1.29 is 28.7 Å². The summed E-state index contributed by atoms with van der Waals surface area (Å²) in [6.07, 6.45) is 1.25. The van der Waals surface area contributed by atoms with Crippen molar-refractivity contribution in [3.8, 4) is 11.5 Å². The van der Waals surface area contributed by atoms with Crippen molar-refractivity contribution in [3.63, 3.8) is 0 Å². The summed E-state index contributed by atoms with van der Waals surface area (Å²) in [5.74, 6) is -2.01. The molecule has 0 saturated carbocycles. The average Bonchev–Trinajstić information content (AvgIpc) is 2.90. The molecule has 0 unspecified atom stereocenters. The number of urea groups is 1. The fraction of sp³-hybridized carbons (Fsp3) is 0.143. The maximum atomic E-state index is 13.2. The van der Waals surface area contributed by atoms with Gasteiger partial charge >= 0.3 is 6.03 Å². The number of rotatable bonds is 8. The van der Waals surface area contributed by atoms with Crippen LogP contribution in [0.15, 0.2) is 54.1 Å². The first-order valence-corrected chi connectivity index (χ1v) is 13.5. The van der Waals surface area contributed by atoms with Crippen molar-refractivity contribution in [1.82, 2.24) is 5.32 Å². The van der Waals surface area contributed by atoms with E-state index in [0.717, 1.165) is 10.5 Å². The van der Waals surface area contributed by atoms with Gasteiger partial charge in [-0.05, 0) is 73.5 Å². The van der Waals surface area contributed by atoms with Gasteiger partial charge in [-0.3, -0.25) is 19.7 Å². The summed E-state index contributed by atoms with van der Waals surface area (Å²) in [5, 5.41) is 5.71. The molecule has 3 aromatic carbocycles. The normalized spacial score (nSPS) is 14.2. The number of barbiturate groups is 1. The number of nitrogens with zero attached hydrogens (tertiary/aromatic N) is 1. The molecule has 5 amide bonds. The molecule has 4 rings (SSSR count). The van der Waals surface area contributed by atoms with Crippen LogP contribution in [0.1, 0.15) is 18.1 Å². The minimum Gasteiger partial charge on any atom is -0.490 e. The van der Waals surface area contributed by atoms with Gasteiger partial charge in [0, 0.05) is 10.7 Å². The van der Waals surface area contributed by atoms with Crippen LogP contribution in [-0.2, 0) is 14.4 Å². The van der Waals surface area contributed by atoms with Gasteiger partial charge in [0.1, 0.15) is 5.57 Å². The Kier molecular flexibility index (Phi) is 9.45. The highest BCUT2D eigenvalue weighted by atomic mass is 35.5. The number of hydrogen-bond donors (Lipinski definition) is 2. The van der Waals surface area contributed by atoms with Crippen molar-refractivity contribution in [3.05, 3.63) is 85.3 Å². The first kappa shape index (κ1) is 30.2. The van der Waals surface area contributed by atoms with Crippen LogP contribution in [0.5, 0.6) is 11.5 Å². The van der Waals surface area contributed by atoms with Crippen LogP contribution in [0.25, 0.3) is 6.08 Å². The minimum absolute atomic E-state index is 0.0510. The van der Waals surface area contributed by atoms with Crippen LogP contribution in [-0.4, -0.2) is 37.0 Å². The third-order valence-electron chi connectivity index (χ3n) is 5.71. The molecule has 13 heteroatoms. The molecule has 1 saturated heterocycles. The standard InChI is InChI=1S/C28H21Cl4N3O6/c1-3-40-23-10-15(9-22(32)25(23)41-13-24(36)33-16-5-4-14(2)20(30)11-16)8-18-26(37)34-28(39)35(27(18)38)17-6-7-19(29)21(31)12-17/h4-12H,3,13H2,1-2H3,(H,33,36)(H,34,37,39)/b18-8-. The number of benzene rings is 3. The lowest BCUT2D eigenvalue weighted by atomic mass is 10.1. The van der Waals surface area contributed by atoms with E-state index in [-0.39, 0.29) is 44.4 Å². The zero-order valence-corrected chi connectivity index (χ0v) is 24.5. The van der Waals surface area contributed by atoms with E-state index < -0.39 is 30.4 Å². The van der Waals surface area contributed by atoms with Gasteiger partial charge in [0.25, 0.3) is 17.7 Å². The van der Waals surface area contributed by atoms with E-state index in [1.54, 1.807) is 25.1 Å². The predicted octanol–water partition coefficient (Wildman–Crippen LogP) is 6.69. The van der Waals surface area contributed by atoms with E-state index in [1.807, 2.05) is 6.92 Å². The van der Waals surface area contributed by atoms with E-state index in [4.69, 9.17) is 55.9 Å². The van der Waals surface area contributed by atoms with Crippen molar-refractivity contribution in [1.29, 1.82) is 0 Å². The van der Waals surface area contributed by atoms with Crippen molar-refractivity contribution in [2.75, 3.05) is 23.4 Å². The second kappa shape index (κ2) is 12.8. The van der Waals surface area contributed by atoms with Crippen molar-refractivity contribution in [2.45, 2.75) is 13.8 Å². The molecule has 212 valence electrons. The lowest BCUT2D eigenvalue weighted by Gasteiger charge is -2.26. The Hall–Kier alpha value is -3.76. The highest BCUT2D eigenvalue weighted by Crippen LogP contribution is 2.38. The molecule has 0 aliphatic carbocycles. The van der Waals surface area contributed by atoms with Crippen LogP contribution in [0, 0.1) is 6.92 Å². The molecule has 2 N–H and O–H groups in total. The second-order valence-corrected chi connectivity index (χ2v) is 10.2. The number of amides is 5. The number of anilines is 2. The number of nitrogens with one attached hydrogen (secondary N) is 2. The molecule has 0 atom stereocenters. The van der Waals surface area contributed by atoms with E-state index in [1.165, 1.54) is 36.4 Å². The Balaban J connectivity index is 1.58. The SMILES string of the molecule is CCOc1cc(/C=C2/C(=O)NC(=O)N(c3ccc(Cl)c(Cl)c3)C2=O)cc(Cl)c1OCC(=O)Nc1ccc(C)c(Cl)c1. The summed E-state index contributed by atoms with van der Waals surface area (Å²) in [6, 6.07) is 11.2. The monoisotopic (exact) mass is 635 g/mol. The lowest BCUT2D eigenvalue weighted by Crippen LogP contribution is -2.54. The van der Waals surface area contributed by atoms with E-state index in [9.17, 15) is 19.2 Å². The third-order valence-corrected chi connectivity index (χ3v) is 7.14. The predicted molar refractivity (Wildman–Crippen MR) is 158 cm³/mol. The van der Waals surface area contributed by atoms with Crippen LogP contribution >= 0.6 is 46.4 Å². The highest BCUT2D eigenvalue weighted by molar-refractivity contribution is 6.43.